The molecule has 5 heteroatoms. The van der Waals surface area contributed by atoms with E-state index in [4.69, 9.17) is 0 Å². The lowest BCUT2D eigenvalue weighted by atomic mass is 9.79. The van der Waals surface area contributed by atoms with E-state index in [-0.39, 0.29) is 5.41 Å². The van der Waals surface area contributed by atoms with Crippen molar-refractivity contribution in [2.45, 2.75) is 19.3 Å². The molecule has 0 spiro atoms. The number of thiophene rings is 1. The van der Waals surface area contributed by atoms with Crippen LogP contribution in [0.4, 0.5) is 0 Å². The van der Waals surface area contributed by atoms with E-state index in [9.17, 15) is 10.0 Å². The summed E-state index contributed by atoms with van der Waals surface area (Å²) in [5, 5.41) is 23.5. The number of aromatic nitrogens is 1. The van der Waals surface area contributed by atoms with Gasteiger partial charge in [0.1, 0.15) is 0 Å². The second-order valence-corrected chi connectivity index (χ2v) is 7.86. The lowest BCUT2D eigenvalue weighted by Gasteiger charge is -2.32. The zero-order valence-electron chi connectivity index (χ0n) is 13.4. The van der Waals surface area contributed by atoms with Crippen molar-refractivity contribution in [2.75, 3.05) is 0 Å². The van der Waals surface area contributed by atoms with Crippen LogP contribution in [0.1, 0.15) is 24.3 Å². The van der Waals surface area contributed by atoms with Gasteiger partial charge in [-0.05, 0) is 28.5 Å². The first kappa shape index (κ1) is 14.3. The monoisotopic (exact) mass is 333 g/mol. The topological polar surface area (TPSA) is 45.4 Å². The molecule has 3 heterocycles. The van der Waals surface area contributed by atoms with E-state index in [0.717, 1.165) is 16.3 Å². The SMILES string of the molecule is CC1(C)c2sccc2-n2c3ccc(B(O)O)cc3c3cccc1c32. The minimum absolute atomic E-state index is 0.0350. The Bertz CT molecular complexity index is 1120. The molecule has 0 amide bonds. The molecule has 24 heavy (non-hydrogen) atoms. The predicted molar refractivity (Wildman–Crippen MR) is 101 cm³/mol. The number of hydrogen-bond donors (Lipinski definition) is 2. The summed E-state index contributed by atoms with van der Waals surface area (Å²) in [5.41, 5.74) is 5.38. The van der Waals surface area contributed by atoms with Crippen LogP contribution in [-0.4, -0.2) is 21.7 Å². The molecule has 4 aromatic rings. The number of nitrogens with zero attached hydrogens (tertiary/aromatic N) is 1. The molecule has 2 aromatic heterocycles. The van der Waals surface area contributed by atoms with Crippen LogP contribution in [0.3, 0.4) is 0 Å². The van der Waals surface area contributed by atoms with Crippen LogP contribution >= 0.6 is 11.3 Å². The van der Waals surface area contributed by atoms with Gasteiger partial charge in [0, 0.05) is 21.1 Å². The van der Waals surface area contributed by atoms with Crippen molar-refractivity contribution in [3.63, 3.8) is 0 Å². The third kappa shape index (κ3) is 1.59. The maximum absolute atomic E-state index is 9.54. The first-order chi connectivity index (χ1) is 11.5. The average molecular weight is 333 g/mol. The third-order valence-corrected chi connectivity index (χ3v) is 6.46. The Kier molecular flexibility index (Phi) is 2.68. The van der Waals surface area contributed by atoms with Gasteiger partial charge in [-0.2, -0.15) is 0 Å². The van der Waals surface area contributed by atoms with Crippen molar-refractivity contribution in [2.24, 2.45) is 0 Å². The maximum atomic E-state index is 9.54. The number of para-hydroxylation sites is 1. The van der Waals surface area contributed by atoms with Crippen LogP contribution in [0.25, 0.3) is 27.5 Å². The smallest absolute Gasteiger partial charge is 0.423 e. The third-order valence-electron chi connectivity index (χ3n) is 5.24. The first-order valence-corrected chi connectivity index (χ1v) is 8.90. The van der Waals surface area contributed by atoms with Gasteiger partial charge in [0.2, 0.25) is 0 Å². The molecule has 0 bridgehead atoms. The van der Waals surface area contributed by atoms with Crippen LogP contribution in [0.2, 0.25) is 0 Å². The van der Waals surface area contributed by atoms with E-state index >= 15 is 0 Å². The first-order valence-electron chi connectivity index (χ1n) is 8.02. The predicted octanol–water partition coefficient (Wildman–Crippen LogP) is 3.16. The van der Waals surface area contributed by atoms with Crippen molar-refractivity contribution in [1.82, 2.24) is 4.57 Å². The molecule has 0 saturated carbocycles. The zero-order valence-corrected chi connectivity index (χ0v) is 14.3. The molecule has 2 N–H and O–H groups in total. The quantitative estimate of drug-likeness (QED) is 0.526. The zero-order chi connectivity index (χ0) is 16.6. The minimum atomic E-state index is -1.45. The Morgan fingerprint density at radius 2 is 1.88 bits per heavy atom. The number of rotatable bonds is 1. The summed E-state index contributed by atoms with van der Waals surface area (Å²) in [6.45, 7) is 4.56. The molecule has 0 aliphatic carbocycles. The van der Waals surface area contributed by atoms with E-state index in [1.54, 1.807) is 17.4 Å². The van der Waals surface area contributed by atoms with Gasteiger partial charge in [0.05, 0.1) is 16.7 Å². The van der Waals surface area contributed by atoms with Crippen LogP contribution < -0.4 is 5.46 Å². The van der Waals surface area contributed by atoms with Crippen LogP contribution in [-0.2, 0) is 5.41 Å². The van der Waals surface area contributed by atoms with Gasteiger partial charge in [0.15, 0.2) is 0 Å². The fourth-order valence-corrected chi connectivity index (χ4v) is 5.09. The maximum Gasteiger partial charge on any atom is 0.488 e. The Balaban J connectivity index is 2.04. The van der Waals surface area contributed by atoms with Gasteiger partial charge in [-0.1, -0.05) is 44.2 Å². The fourth-order valence-electron chi connectivity index (χ4n) is 4.07. The molecule has 1 aliphatic heterocycles. The molecule has 2 aromatic carbocycles. The molecule has 118 valence electrons. The second kappa shape index (κ2) is 4.51. The van der Waals surface area contributed by atoms with Crippen LogP contribution in [0, 0.1) is 0 Å². The lowest BCUT2D eigenvalue weighted by Crippen LogP contribution is -2.29. The van der Waals surface area contributed by atoms with Crippen molar-refractivity contribution in [3.05, 3.63) is 58.3 Å². The number of benzene rings is 2. The summed E-state index contributed by atoms with van der Waals surface area (Å²) >= 11 is 1.80. The van der Waals surface area contributed by atoms with Gasteiger partial charge in [0.25, 0.3) is 0 Å². The Morgan fingerprint density at radius 1 is 1.04 bits per heavy atom. The van der Waals surface area contributed by atoms with Crippen molar-refractivity contribution < 1.29 is 10.0 Å². The van der Waals surface area contributed by atoms with Crippen LogP contribution in [0.5, 0.6) is 0 Å². The van der Waals surface area contributed by atoms with Crippen molar-refractivity contribution in [1.29, 1.82) is 0 Å². The summed E-state index contributed by atoms with van der Waals surface area (Å²) in [7, 11) is -1.45. The number of fused-ring (bicyclic) bond motifs is 5. The molecule has 1 aliphatic rings. The van der Waals surface area contributed by atoms with E-state index in [0.29, 0.717) is 5.46 Å². The van der Waals surface area contributed by atoms with Gasteiger partial charge < -0.3 is 14.6 Å². The molecule has 0 unspecified atom stereocenters. The summed E-state index contributed by atoms with van der Waals surface area (Å²) < 4.78 is 2.32. The summed E-state index contributed by atoms with van der Waals surface area (Å²) in [6.07, 6.45) is 0. The minimum Gasteiger partial charge on any atom is -0.423 e. The largest absolute Gasteiger partial charge is 0.488 e. The molecular weight excluding hydrogens is 317 g/mol. The highest BCUT2D eigenvalue weighted by atomic mass is 32.1. The summed E-state index contributed by atoms with van der Waals surface area (Å²) in [4.78, 5) is 1.37. The van der Waals surface area contributed by atoms with Gasteiger partial charge in [-0.3, -0.25) is 0 Å². The highest BCUT2D eigenvalue weighted by molar-refractivity contribution is 7.10. The molecule has 0 atom stereocenters. The summed E-state index contributed by atoms with van der Waals surface area (Å²) in [5.74, 6) is 0. The highest BCUT2D eigenvalue weighted by Gasteiger charge is 2.36. The van der Waals surface area contributed by atoms with Gasteiger partial charge in [-0.25, -0.2) is 0 Å². The van der Waals surface area contributed by atoms with Crippen molar-refractivity contribution in [3.8, 4) is 5.69 Å². The Labute approximate surface area is 143 Å². The molecule has 3 nitrogen and oxygen atoms in total. The summed E-state index contributed by atoms with van der Waals surface area (Å²) in [6, 6.07) is 14.3. The molecular formula is C19H16BNO2S. The molecule has 0 radical (unpaired) electrons. The van der Waals surface area contributed by atoms with Gasteiger partial charge >= 0.3 is 7.12 Å². The second-order valence-electron chi connectivity index (χ2n) is 6.95. The van der Waals surface area contributed by atoms with Crippen molar-refractivity contribution >= 4 is 45.7 Å². The molecule has 5 rings (SSSR count). The van der Waals surface area contributed by atoms with Gasteiger partial charge in [-0.15, -0.1) is 11.3 Å². The fraction of sp³-hybridized carbons (Fsp3) is 0.158. The van der Waals surface area contributed by atoms with E-state index in [2.05, 4.69) is 48.1 Å². The normalized spacial score (nSPS) is 15.0. The van der Waals surface area contributed by atoms with E-state index < -0.39 is 7.12 Å². The molecule has 0 fully saturated rings. The molecule has 0 saturated heterocycles. The Morgan fingerprint density at radius 3 is 2.67 bits per heavy atom. The Hall–Kier alpha value is -2.08. The van der Waals surface area contributed by atoms with Crippen LogP contribution in [0.15, 0.2) is 47.8 Å². The average Bonchev–Trinajstić information content (AvgIpc) is 3.16. The highest BCUT2D eigenvalue weighted by Crippen LogP contribution is 2.48. The van der Waals surface area contributed by atoms with E-state index in [1.807, 2.05) is 12.1 Å². The lowest BCUT2D eigenvalue weighted by molar-refractivity contribution is 0.426. The standard InChI is InChI=1S/C19H16BNO2S/c1-19(2)14-5-3-4-12-13-10-11(20(22)23)6-7-15(13)21(17(12)14)16-8-9-24-18(16)19/h3-10,22-23H,1-2H3. The number of hydrogen-bond acceptors (Lipinski definition) is 3. The van der Waals surface area contributed by atoms with E-state index in [1.165, 1.54) is 21.6 Å².